The van der Waals surface area contributed by atoms with Gasteiger partial charge in [0, 0.05) is 18.7 Å². The quantitative estimate of drug-likeness (QED) is 0.542. The molecule has 3 rings (SSSR count). The van der Waals surface area contributed by atoms with E-state index in [-0.39, 0.29) is 37.8 Å². The molecule has 0 aliphatic carbocycles. The molecular weight excluding hydrogens is 396 g/mol. The van der Waals surface area contributed by atoms with Gasteiger partial charge in [-0.05, 0) is 37.0 Å². The normalized spacial score (nSPS) is 23.6. The largest absolute Gasteiger partial charge is 0.449 e. The van der Waals surface area contributed by atoms with E-state index in [1.165, 1.54) is 0 Å². The van der Waals surface area contributed by atoms with Gasteiger partial charge in [-0.3, -0.25) is 14.9 Å². The number of piperidine rings is 2. The number of hydrogen-bond donors (Lipinski definition) is 2. The number of benzene rings is 1. The summed E-state index contributed by atoms with van der Waals surface area (Å²) >= 11 is 0. The topological polar surface area (TPSA) is 87.7 Å². The molecule has 164 valence electrons. The van der Waals surface area contributed by atoms with Crippen LogP contribution in [0.2, 0.25) is 0 Å². The number of imide groups is 1. The number of carbonyl (C=O) groups is 3. The minimum atomic E-state index is -3.07. The van der Waals surface area contributed by atoms with Crippen LogP contribution < -0.4 is 10.6 Å². The molecule has 0 saturated carbocycles. The number of anilines is 1. The lowest BCUT2D eigenvalue weighted by molar-refractivity contribution is -0.133. The number of hydrogen-bond acceptors (Lipinski definition) is 5. The van der Waals surface area contributed by atoms with Crippen LogP contribution in [0.4, 0.5) is 19.3 Å². The molecule has 2 heterocycles. The van der Waals surface area contributed by atoms with Gasteiger partial charge in [-0.2, -0.15) is 0 Å². The predicted molar refractivity (Wildman–Crippen MR) is 106 cm³/mol. The van der Waals surface area contributed by atoms with E-state index in [1.54, 1.807) is 24.3 Å². The van der Waals surface area contributed by atoms with E-state index in [0.29, 0.717) is 24.1 Å². The third kappa shape index (κ3) is 5.25. The molecule has 30 heavy (non-hydrogen) atoms. The molecule has 9 heteroatoms. The van der Waals surface area contributed by atoms with Crippen LogP contribution in [0, 0.1) is 0 Å². The Balaban J connectivity index is 1.59. The minimum absolute atomic E-state index is 0.135. The number of likely N-dealkylation sites (tertiary alicyclic amines) is 1. The SMILES string of the molecule is CCCCOC(=O)N1CCC(c2ccc(NC3CCC(=O)NC3=O)cc2)C(F)(F)C1. The molecule has 0 aromatic heterocycles. The van der Waals surface area contributed by atoms with E-state index in [2.05, 4.69) is 10.6 Å². The molecular formula is C21H27F2N3O4. The Morgan fingerprint density at radius 2 is 2.00 bits per heavy atom. The van der Waals surface area contributed by atoms with Crippen LogP contribution in [0.25, 0.3) is 0 Å². The molecule has 1 aromatic carbocycles. The molecule has 0 bridgehead atoms. The van der Waals surface area contributed by atoms with Crippen LogP contribution in [0.15, 0.2) is 24.3 Å². The standard InChI is InChI=1S/C21H27F2N3O4/c1-2-3-12-30-20(29)26-11-10-16(21(22,23)13-26)14-4-6-15(7-5-14)24-17-8-9-18(27)25-19(17)28/h4-7,16-17,24H,2-3,8-13H2,1H3,(H,25,27,28). The van der Waals surface area contributed by atoms with Crippen LogP contribution in [-0.2, 0) is 14.3 Å². The number of carbonyl (C=O) groups excluding carboxylic acids is 3. The van der Waals surface area contributed by atoms with Gasteiger partial charge in [-0.25, -0.2) is 13.6 Å². The van der Waals surface area contributed by atoms with Gasteiger partial charge in [-0.1, -0.05) is 25.5 Å². The Morgan fingerprint density at radius 3 is 2.63 bits per heavy atom. The molecule has 2 fully saturated rings. The van der Waals surface area contributed by atoms with Crippen LogP contribution in [-0.4, -0.2) is 54.5 Å². The van der Waals surface area contributed by atoms with Crippen LogP contribution in [0.3, 0.4) is 0 Å². The van der Waals surface area contributed by atoms with Crippen molar-refractivity contribution in [1.29, 1.82) is 0 Å². The first-order valence-corrected chi connectivity index (χ1v) is 10.3. The van der Waals surface area contributed by atoms with Crippen LogP contribution in [0.1, 0.15) is 50.5 Å². The van der Waals surface area contributed by atoms with Gasteiger partial charge in [0.25, 0.3) is 5.92 Å². The fourth-order valence-corrected chi connectivity index (χ4v) is 3.75. The average molecular weight is 423 g/mol. The highest BCUT2D eigenvalue weighted by molar-refractivity contribution is 6.01. The second-order valence-corrected chi connectivity index (χ2v) is 7.76. The summed E-state index contributed by atoms with van der Waals surface area (Å²) in [6, 6.07) is 6.00. The molecule has 0 radical (unpaired) electrons. The van der Waals surface area contributed by atoms with Crippen molar-refractivity contribution in [2.75, 3.05) is 25.0 Å². The monoisotopic (exact) mass is 423 g/mol. The van der Waals surface area contributed by atoms with E-state index in [9.17, 15) is 23.2 Å². The molecule has 2 aliphatic rings. The molecule has 2 N–H and O–H groups in total. The van der Waals surface area contributed by atoms with Crippen molar-refractivity contribution in [3.05, 3.63) is 29.8 Å². The van der Waals surface area contributed by atoms with Gasteiger partial charge in [0.05, 0.1) is 19.1 Å². The molecule has 2 atom stereocenters. The maximum absolute atomic E-state index is 14.8. The summed E-state index contributed by atoms with van der Waals surface area (Å²) in [6.07, 6.45) is 1.66. The van der Waals surface area contributed by atoms with Crippen molar-refractivity contribution in [1.82, 2.24) is 10.2 Å². The molecule has 2 saturated heterocycles. The third-order valence-electron chi connectivity index (χ3n) is 5.47. The lowest BCUT2D eigenvalue weighted by atomic mass is 9.86. The first-order valence-electron chi connectivity index (χ1n) is 10.3. The molecule has 1 aromatic rings. The van der Waals surface area contributed by atoms with E-state index >= 15 is 0 Å². The van der Waals surface area contributed by atoms with Gasteiger partial charge in [-0.15, -0.1) is 0 Å². The Hall–Kier alpha value is -2.71. The predicted octanol–water partition coefficient (Wildman–Crippen LogP) is 3.27. The van der Waals surface area contributed by atoms with Gasteiger partial charge in [0.2, 0.25) is 11.8 Å². The fraction of sp³-hybridized carbons (Fsp3) is 0.571. The van der Waals surface area contributed by atoms with E-state index in [0.717, 1.165) is 11.3 Å². The number of nitrogens with zero attached hydrogens (tertiary/aromatic N) is 1. The summed E-state index contributed by atoms with van der Waals surface area (Å²) in [5.74, 6) is -4.75. The zero-order valence-corrected chi connectivity index (χ0v) is 17.0. The van der Waals surface area contributed by atoms with Crippen molar-refractivity contribution in [3.63, 3.8) is 0 Å². The van der Waals surface area contributed by atoms with E-state index in [1.807, 2.05) is 6.92 Å². The van der Waals surface area contributed by atoms with Gasteiger partial charge < -0.3 is 15.0 Å². The minimum Gasteiger partial charge on any atom is -0.449 e. The zero-order valence-electron chi connectivity index (χ0n) is 17.0. The summed E-state index contributed by atoms with van der Waals surface area (Å²) < 4.78 is 34.6. The summed E-state index contributed by atoms with van der Waals surface area (Å²) in [5.41, 5.74) is 1.10. The van der Waals surface area contributed by atoms with Crippen LogP contribution >= 0.6 is 0 Å². The first kappa shape index (κ1) is 22.0. The molecule has 3 amide bonds. The number of nitrogens with one attached hydrogen (secondary N) is 2. The number of rotatable bonds is 6. The first-order chi connectivity index (χ1) is 14.3. The highest BCUT2D eigenvalue weighted by atomic mass is 19.3. The summed E-state index contributed by atoms with van der Waals surface area (Å²) in [5, 5.41) is 5.30. The highest BCUT2D eigenvalue weighted by Crippen LogP contribution is 2.40. The van der Waals surface area contributed by atoms with Crippen molar-refractivity contribution in [3.8, 4) is 0 Å². The average Bonchev–Trinajstić information content (AvgIpc) is 2.70. The maximum atomic E-state index is 14.8. The number of ether oxygens (including phenoxy) is 1. The van der Waals surface area contributed by atoms with Gasteiger partial charge in [0.1, 0.15) is 6.04 Å². The van der Waals surface area contributed by atoms with Crippen molar-refractivity contribution < 1.29 is 27.9 Å². The second-order valence-electron chi connectivity index (χ2n) is 7.76. The number of amides is 3. The second kappa shape index (κ2) is 9.40. The lowest BCUT2D eigenvalue weighted by Gasteiger charge is -2.38. The number of halogens is 2. The van der Waals surface area contributed by atoms with E-state index < -0.39 is 30.5 Å². The molecule has 2 unspecified atom stereocenters. The van der Waals surface area contributed by atoms with Crippen molar-refractivity contribution in [2.45, 2.75) is 56.9 Å². The van der Waals surface area contributed by atoms with E-state index in [4.69, 9.17) is 4.74 Å². The summed E-state index contributed by atoms with van der Waals surface area (Å²) in [7, 11) is 0. The fourth-order valence-electron chi connectivity index (χ4n) is 3.75. The summed E-state index contributed by atoms with van der Waals surface area (Å²) in [6.45, 7) is 1.74. The Bertz CT molecular complexity index is 785. The number of alkyl halides is 2. The Labute approximate surface area is 174 Å². The number of unbranched alkanes of at least 4 members (excludes halogenated alkanes) is 1. The third-order valence-corrected chi connectivity index (χ3v) is 5.47. The Kier molecular flexibility index (Phi) is 6.89. The summed E-state index contributed by atoms with van der Waals surface area (Å²) in [4.78, 5) is 36.1. The zero-order chi connectivity index (χ0) is 21.7. The van der Waals surface area contributed by atoms with Crippen molar-refractivity contribution >= 4 is 23.6 Å². The maximum Gasteiger partial charge on any atom is 0.409 e. The van der Waals surface area contributed by atoms with Crippen molar-refractivity contribution in [2.24, 2.45) is 0 Å². The smallest absolute Gasteiger partial charge is 0.409 e. The lowest BCUT2D eigenvalue weighted by Crippen LogP contribution is -2.49. The Morgan fingerprint density at radius 1 is 1.27 bits per heavy atom. The van der Waals surface area contributed by atoms with Gasteiger partial charge in [0.15, 0.2) is 0 Å². The molecule has 7 nitrogen and oxygen atoms in total. The molecule has 2 aliphatic heterocycles. The highest BCUT2D eigenvalue weighted by Gasteiger charge is 2.46. The molecule has 0 spiro atoms. The van der Waals surface area contributed by atoms with Crippen LogP contribution in [0.5, 0.6) is 0 Å². The van der Waals surface area contributed by atoms with Gasteiger partial charge >= 0.3 is 6.09 Å².